The second kappa shape index (κ2) is 12.6. The topological polar surface area (TPSA) is 54.2 Å². The average Bonchev–Trinajstić information content (AvgIpc) is 3.19. The van der Waals surface area contributed by atoms with Gasteiger partial charge in [0.15, 0.2) is 5.96 Å². The largest absolute Gasteiger partial charge is 0.357 e. The maximum Gasteiger partial charge on any atom is 0.191 e. The SMILES string of the molecule is CCNC(=NCCCc1cnn(C)c1)NCCCC1CCCC1.I. The Morgan fingerprint density at radius 1 is 1.29 bits per heavy atom. The molecule has 1 heterocycles. The van der Waals surface area contributed by atoms with E-state index >= 15 is 0 Å². The van der Waals surface area contributed by atoms with E-state index in [4.69, 9.17) is 0 Å². The molecule has 1 aliphatic carbocycles. The zero-order valence-corrected chi connectivity index (χ0v) is 17.6. The number of aryl methyl sites for hydroxylation is 2. The summed E-state index contributed by atoms with van der Waals surface area (Å²) >= 11 is 0. The number of guanidine groups is 1. The lowest BCUT2D eigenvalue weighted by atomic mass is 10.0. The van der Waals surface area contributed by atoms with Crippen LogP contribution in [-0.2, 0) is 13.5 Å². The van der Waals surface area contributed by atoms with Gasteiger partial charge in [0.05, 0.1) is 6.20 Å². The minimum Gasteiger partial charge on any atom is -0.357 e. The van der Waals surface area contributed by atoms with Crippen molar-refractivity contribution in [2.75, 3.05) is 19.6 Å². The Morgan fingerprint density at radius 3 is 2.75 bits per heavy atom. The molecule has 0 aliphatic heterocycles. The first-order valence-corrected chi connectivity index (χ1v) is 9.27. The second-order valence-corrected chi connectivity index (χ2v) is 6.61. The number of nitrogens with one attached hydrogen (secondary N) is 2. The third kappa shape index (κ3) is 8.35. The Hall–Kier alpha value is -0.790. The first-order chi connectivity index (χ1) is 11.3. The van der Waals surface area contributed by atoms with Gasteiger partial charge in [-0.05, 0) is 44.1 Å². The lowest BCUT2D eigenvalue weighted by Crippen LogP contribution is -2.38. The van der Waals surface area contributed by atoms with Crippen molar-refractivity contribution < 1.29 is 0 Å². The summed E-state index contributed by atoms with van der Waals surface area (Å²) in [6.07, 6.45) is 14.5. The molecule has 1 saturated carbocycles. The highest BCUT2D eigenvalue weighted by atomic mass is 127. The van der Waals surface area contributed by atoms with Crippen LogP contribution in [0.5, 0.6) is 0 Å². The van der Waals surface area contributed by atoms with Crippen LogP contribution in [-0.4, -0.2) is 35.4 Å². The predicted octanol–water partition coefficient (Wildman–Crippen LogP) is 3.50. The van der Waals surface area contributed by atoms with Crippen LogP contribution in [0.4, 0.5) is 0 Å². The molecule has 0 unspecified atom stereocenters. The third-order valence-electron chi connectivity index (χ3n) is 4.55. The third-order valence-corrected chi connectivity index (χ3v) is 4.55. The molecule has 0 aromatic carbocycles. The molecule has 2 N–H and O–H groups in total. The Labute approximate surface area is 164 Å². The summed E-state index contributed by atoms with van der Waals surface area (Å²) in [6, 6.07) is 0. The van der Waals surface area contributed by atoms with Gasteiger partial charge >= 0.3 is 0 Å². The molecule has 5 nitrogen and oxygen atoms in total. The molecule has 138 valence electrons. The van der Waals surface area contributed by atoms with Gasteiger partial charge in [0.2, 0.25) is 0 Å². The summed E-state index contributed by atoms with van der Waals surface area (Å²) in [4.78, 5) is 4.67. The summed E-state index contributed by atoms with van der Waals surface area (Å²) < 4.78 is 1.86. The standard InChI is InChI=1S/C18H33N5.HI/c1-3-19-18(20-12-6-10-16-8-4-5-9-16)21-13-7-11-17-14-22-23(2)15-17;/h14-16H,3-13H2,1-2H3,(H2,19,20,21);1H. The first-order valence-electron chi connectivity index (χ1n) is 9.27. The summed E-state index contributed by atoms with van der Waals surface area (Å²) in [7, 11) is 1.96. The van der Waals surface area contributed by atoms with E-state index in [1.54, 1.807) is 0 Å². The molecule has 0 bridgehead atoms. The summed E-state index contributed by atoms with van der Waals surface area (Å²) in [6.45, 7) is 4.92. The molecule has 0 radical (unpaired) electrons. The van der Waals surface area contributed by atoms with Gasteiger partial charge in [0.1, 0.15) is 0 Å². The van der Waals surface area contributed by atoms with Crippen molar-refractivity contribution in [3.05, 3.63) is 18.0 Å². The van der Waals surface area contributed by atoms with E-state index < -0.39 is 0 Å². The average molecular weight is 447 g/mol. The fraction of sp³-hybridized carbons (Fsp3) is 0.778. The highest BCUT2D eigenvalue weighted by Crippen LogP contribution is 2.28. The van der Waals surface area contributed by atoms with Crippen molar-refractivity contribution in [1.29, 1.82) is 0 Å². The molecular weight excluding hydrogens is 413 g/mol. The van der Waals surface area contributed by atoms with Gasteiger partial charge in [0.25, 0.3) is 0 Å². The molecule has 0 saturated heterocycles. The van der Waals surface area contributed by atoms with Gasteiger partial charge < -0.3 is 10.6 Å². The van der Waals surface area contributed by atoms with Crippen molar-refractivity contribution in [3.63, 3.8) is 0 Å². The quantitative estimate of drug-likeness (QED) is 0.264. The molecule has 1 aromatic rings. The maximum absolute atomic E-state index is 4.67. The van der Waals surface area contributed by atoms with Crippen LogP contribution in [0.1, 0.15) is 57.4 Å². The fourth-order valence-corrected chi connectivity index (χ4v) is 3.31. The number of nitrogens with zero attached hydrogens (tertiary/aromatic N) is 3. The minimum atomic E-state index is 0. The number of aromatic nitrogens is 2. The lowest BCUT2D eigenvalue weighted by molar-refractivity contribution is 0.481. The Kier molecular flexibility index (Phi) is 11.1. The van der Waals surface area contributed by atoms with E-state index in [0.717, 1.165) is 44.4 Å². The highest BCUT2D eigenvalue weighted by Gasteiger charge is 2.13. The molecule has 1 aromatic heterocycles. The first kappa shape index (κ1) is 21.3. The minimum absolute atomic E-state index is 0. The van der Waals surface area contributed by atoms with Crippen molar-refractivity contribution in [1.82, 2.24) is 20.4 Å². The highest BCUT2D eigenvalue weighted by molar-refractivity contribution is 14.0. The molecule has 24 heavy (non-hydrogen) atoms. The van der Waals surface area contributed by atoms with E-state index in [9.17, 15) is 0 Å². The number of halogens is 1. The van der Waals surface area contributed by atoms with E-state index in [0.29, 0.717) is 0 Å². The summed E-state index contributed by atoms with van der Waals surface area (Å²) in [5, 5.41) is 11.0. The number of hydrogen-bond donors (Lipinski definition) is 2. The fourth-order valence-electron chi connectivity index (χ4n) is 3.31. The second-order valence-electron chi connectivity index (χ2n) is 6.61. The van der Waals surface area contributed by atoms with E-state index in [1.165, 1.54) is 44.1 Å². The molecule has 2 rings (SSSR count). The van der Waals surface area contributed by atoms with Crippen LogP contribution in [0.2, 0.25) is 0 Å². The monoisotopic (exact) mass is 447 g/mol. The number of hydrogen-bond acceptors (Lipinski definition) is 2. The normalized spacial score (nSPS) is 15.3. The Morgan fingerprint density at radius 2 is 2.08 bits per heavy atom. The van der Waals surface area contributed by atoms with Crippen LogP contribution in [0.25, 0.3) is 0 Å². The predicted molar refractivity (Wildman–Crippen MR) is 112 cm³/mol. The van der Waals surface area contributed by atoms with Gasteiger partial charge in [-0.2, -0.15) is 5.10 Å². The van der Waals surface area contributed by atoms with Crippen LogP contribution >= 0.6 is 24.0 Å². The van der Waals surface area contributed by atoms with Gasteiger partial charge in [-0.3, -0.25) is 9.67 Å². The van der Waals surface area contributed by atoms with E-state index in [-0.39, 0.29) is 24.0 Å². The Bertz CT molecular complexity index is 466. The molecule has 1 aliphatic rings. The smallest absolute Gasteiger partial charge is 0.191 e. The Balaban J connectivity index is 0.00000288. The molecule has 0 atom stereocenters. The molecule has 1 fully saturated rings. The van der Waals surface area contributed by atoms with Crippen molar-refractivity contribution in [2.24, 2.45) is 18.0 Å². The van der Waals surface area contributed by atoms with Gasteiger partial charge in [-0.15, -0.1) is 24.0 Å². The molecule has 0 amide bonds. The molecule has 6 heteroatoms. The van der Waals surface area contributed by atoms with Gasteiger partial charge in [-0.25, -0.2) is 0 Å². The molecular formula is C18H34IN5. The van der Waals surface area contributed by atoms with Crippen molar-refractivity contribution >= 4 is 29.9 Å². The van der Waals surface area contributed by atoms with Crippen LogP contribution in [0.3, 0.4) is 0 Å². The van der Waals surface area contributed by atoms with Crippen LogP contribution in [0, 0.1) is 5.92 Å². The van der Waals surface area contributed by atoms with E-state index in [2.05, 4.69) is 33.8 Å². The number of rotatable bonds is 9. The van der Waals surface area contributed by atoms with Crippen LogP contribution < -0.4 is 10.6 Å². The summed E-state index contributed by atoms with van der Waals surface area (Å²) in [5.74, 6) is 1.95. The zero-order valence-electron chi connectivity index (χ0n) is 15.3. The van der Waals surface area contributed by atoms with Gasteiger partial charge in [-0.1, -0.05) is 25.7 Å². The number of aliphatic imine (C=N–C) groups is 1. The lowest BCUT2D eigenvalue weighted by Gasteiger charge is -2.13. The zero-order chi connectivity index (χ0) is 16.3. The summed E-state index contributed by atoms with van der Waals surface area (Å²) in [5.41, 5.74) is 1.29. The maximum atomic E-state index is 4.67. The molecule has 0 spiro atoms. The van der Waals surface area contributed by atoms with E-state index in [1.807, 2.05) is 17.9 Å². The van der Waals surface area contributed by atoms with Gasteiger partial charge in [0, 0.05) is 32.9 Å². The van der Waals surface area contributed by atoms with Crippen molar-refractivity contribution in [2.45, 2.75) is 58.3 Å². The van der Waals surface area contributed by atoms with Crippen molar-refractivity contribution in [3.8, 4) is 0 Å². The van der Waals surface area contributed by atoms with Crippen LogP contribution in [0.15, 0.2) is 17.4 Å².